The number of rotatable bonds is 4. The van der Waals surface area contributed by atoms with E-state index in [4.69, 9.17) is 0 Å². The third-order valence-electron chi connectivity index (χ3n) is 3.70. The summed E-state index contributed by atoms with van der Waals surface area (Å²) in [4.78, 5) is 15.6. The van der Waals surface area contributed by atoms with Crippen LogP contribution in [0, 0.1) is 5.92 Å². The van der Waals surface area contributed by atoms with E-state index in [1.165, 1.54) is 19.4 Å². The van der Waals surface area contributed by atoms with Crippen LogP contribution in [0.25, 0.3) is 0 Å². The van der Waals surface area contributed by atoms with Crippen LogP contribution in [-0.4, -0.2) is 37.5 Å². The third-order valence-corrected chi connectivity index (χ3v) is 5.51. The highest BCUT2D eigenvalue weighted by atomic mass is 79.9. The van der Waals surface area contributed by atoms with Gasteiger partial charge in [0.1, 0.15) is 0 Å². The number of halogens is 1. The second-order valence-electron chi connectivity index (χ2n) is 5.38. The number of nitrogens with zero attached hydrogens (tertiary/aromatic N) is 1. The Morgan fingerprint density at radius 2 is 2.42 bits per heavy atom. The molecule has 2 atom stereocenters. The Labute approximate surface area is 127 Å². The second kappa shape index (κ2) is 6.86. The van der Waals surface area contributed by atoms with Crippen molar-refractivity contribution in [2.24, 2.45) is 5.92 Å². The SMILES string of the molecule is C[C@@H](C(=O)NC[C@H]1CCCN(C)C1)c1ccc(Br)s1. The van der Waals surface area contributed by atoms with Crippen LogP contribution in [0.3, 0.4) is 0 Å². The minimum atomic E-state index is -0.0578. The number of hydrogen-bond acceptors (Lipinski definition) is 3. The second-order valence-corrected chi connectivity index (χ2v) is 7.87. The van der Waals surface area contributed by atoms with Crippen LogP contribution in [0.4, 0.5) is 0 Å². The van der Waals surface area contributed by atoms with Crippen LogP contribution in [0.5, 0.6) is 0 Å². The fraction of sp³-hybridized carbons (Fsp3) is 0.643. The number of likely N-dealkylation sites (tertiary alicyclic amines) is 1. The van der Waals surface area contributed by atoms with E-state index < -0.39 is 0 Å². The summed E-state index contributed by atoms with van der Waals surface area (Å²) in [6.07, 6.45) is 2.47. The minimum absolute atomic E-state index is 0.0578. The molecule has 1 aliphatic heterocycles. The highest BCUT2D eigenvalue weighted by molar-refractivity contribution is 9.11. The largest absolute Gasteiger partial charge is 0.355 e. The molecule has 1 saturated heterocycles. The van der Waals surface area contributed by atoms with E-state index in [2.05, 4.69) is 33.2 Å². The molecule has 0 aliphatic carbocycles. The van der Waals surface area contributed by atoms with Gasteiger partial charge in [-0.1, -0.05) is 0 Å². The molecule has 106 valence electrons. The molecule has 3 nitrogen and oxygen atoms in total. The van der Waals surface area contributed by atoms with Crippen LogP contribution in [0.1, 0.15) is 30.6 Å². The quantitative estimate of drug-likeness (QED) is 0.910. The van der Waals surface area contributed by atoms with Gasteiger partial charge in [-0.2, -0.15) is 0 Å². The molecule has 1 aromatic heterocycles. The summed E-state index contributed by atoms with van der Waals surface area (Å²) in [6, 6.07) is 4.02. The molecule has 0 bridgehead atoms. The zero-order valence-corrected chi connectivity index (χ0v) is 13.9. The van der Waals surface area contributed by atoms with Crippen molar-refractivity contribution in [3.05, 3.63) is 20.8 Å². The van der Waals surface area contributed by atoms with Gasteiger partial charge < -0.3 is 10.2 Å². The first-order chi connectivity index (χ1) is 9.06. The summed E-state index contributed by atoms with van der Waals surface area (Å²) in [5, 5.41) is 3.11. The smallest absolute Gasteiger partial charge is 0.228 e. The van der Waals surface area contributed by atoms with Crippen molar-refractivity contribution in [1.82, 2.24) is 10.2 Å². The maximum atomic E-state index is 12.1. The molecule has 0 saturated carbocycles. The Bertz CT molecular complexity index is 435. The average molecular weight is 345 g/mol. The van der Waals surface area contributed by atoms with E-state index in [-0.39, 0.29) is 11.8 Å². The molecule has 2 heterocycles. The van der Waals surface area contributed by atoms with E-state index in [0.717, 1.165) is 21.8 Å². The summed E-state index contributed by atoms with van der Waals surface area (Å²) < 4.78 is 1.08. The van der Waals surface area contributed by atoms with E-state index in [1.807, 2.05) is 19.1 Å². The van der Waals surface area contributed by atoms with E-state index >= 15 is 0 Å². The molecule has 1 aromatic rings. The van der Waals surface area contributed by atoms with Crippen LogP contribution < -0.4 is 5.32 Å². The van der Waals surface area contributed by atoms with Gasteiger partial charge in [-0.25, -0.2) is 0 Å². The highest BCUT2D eigenvalue weighted by Crippen LogP contribution is 2.28. The van der Waals surface area contributed by atoms with E-state index in [1.54, 1.807) is 11.3 Å². The lowest BCUT2D eigenvalue weighted by Crippen LogP contribution is -2.40. The molecular weight excluding hydrogens is 324 g/mol. The summed E-state index contributed by atoms with van der Waals surface area (Å²) in [5.74, 6) is 0.685. The summed E-state index contributed by atoms with van der Waals surface area (Å²) in [6.45, 7) is 5.06. The van der Waals surface area contributed by atoms with Crippen LogP contribution in [0.2, 0.25) is 0 Å². The number of amides is 1. The standard InChI is InChI=1S/C14H21BrN2OS/c1-10(12-5-6-13(15)19-12)14(18)16-8-11-4-3-7-17(2)9-11/h5-6,10-11H,3-4,7-9H2,1-2H3,(H,16,18)/t10-,11-/m1/s1. The lowest BCUT2D eigenvalue weighted by molar-refractivity contribution is -0.122. The fourth-order valence-corrected chi connectivity index (χ4v) is 4.00. The average Bonchev–Trinajstić information content (AvgIpc) is 2.82. The van der Waals surface area contributed by atoms with Crippen LogP contribution in [0.15, 0.2) is 15.9 Å². The Balaban J connectivity index is 1.80. The van der Waals surface area contributed by atoms with E-state index in [0.29, 0.717) is 5.92 Å². The van der Waals surface area contributed by atoms with Crippen molar-refractivity contribution in [2.45, 2.75) is 25.7 Å². The first kappa shape index (κ1) is 15.0. The predicted molar refractivity (Wildman–Crippen MR) is 83.7 cm³/mol. The van der Waals surface area contributed by atoms with Crippen molar-refractivity contribution < 1.29 is 4.79 Å². The maximum absolute atomic E-state index is 12.1. The van der Waals surface area contributed by atoms with Gasteiger partial charge in [-0.3, -0.25) is 4.79 Å². The van der Waals surface area contributed by atoms with Gasteiger partial charge in [0, 0.05) is 18.0 Å². The van der Waals surface area contributed by atoms with Gasteiger partial charge in [0.2, 0.25) is 5.91 Å². The summed E-state index contributed by atoms with van der Waals surface area (Å²) in [5.41, 5.74) is 0. The van der Waals surface area contributed by atoms with Crippen molar-refractivity contribution in [1.29, 1.82) is 0 Å². The molecule has 0 radical (unpaired) electrons. The Hall–Kier alpha value is -0.390. The Kier molecular flexibility index (Phi) is 5.42. The van der Waals surface area contributed by atoms with Gasteiger partial charge in [-0.05, 0) is 67.3 Å². The molecule has 2 rings (SSSR count). The van der Waals surface area contributed by atoms with Crippen LogP contribution >= 0.6 is 27.3 Å². The van der Waals surface area contributed by atoms with Crippen molar-refractivity contribution >= 4 is 33.2 Å². The van der Waals surface area contributed by atoms with Gasteiger partial charge in [0.15, 0.2) is 0 Å². The number of carbonyl (C=O) groups is 1. The fourth-order valence-electron chi connectivity index (χ4n) is 2.53. The molecular formula is C14H21BrN2OS. The molecule has 5 heteroatoms. The lowest BCUT2D eigenvalue weighted by atomic mass is 9.98. The first-order valence-electron chi connectivity index (χ1n) is 6.77. The molecule has 1 fully saturated rings. The molecule has 0 unspecified atom stereocenters. The Morgan fingerprint density at radius 1 is 1.63 bits per heavy atom. The third kappa shape index (κ3) is 4.29. The van der Waals surface area contributed by atoms with Gasteiger partial charge in [0.05, 0.1) is 9.70 Å². The number of carbonyl (C=O) groups excluding carboxylic acids is 1. The lowest BCUT2D eigenvalue weighted by Gasteiger charge is -2.29. The summed E-state index contributed by atoms with van der Waals surface area (Å²) >= 11 is 5.07. The van der Waals surface area contributed by atoms with Gasteiger partial charge >= 0.3 is 0 Å². The number of thiophene rings is 1. The predicted octanol–water partition coefficient (Wildman–Crippen LogP) is 3.07. The van der Waals surface area contributed by atoms with Crippen molar-refractivity contribution in [2.75, 3.05) is 26.7 Å². The monoisotopic (exact) mass is 344 g/mol. The molecule has 0 aromatic carbocycles. The van der Waals surface area contributed by atoms with E-state index in [9.17, 15) is 4.79 Å². The molecule has 19 heavy (non-hydrogen) atoms. The van der Waals surface area contributed by atoms with Crippen LogP contribution in [-0.2, 0) is 4.79 Å². The molecule has 0 spiro atoms. The molecule has 1 aliphatic rings. The van der Waals surface area contributed by atoms with Crippen molar-refractivity contribution in [3.63, 3.8) is 0 Å². The highest BCUT2D eigenvalue weighted by Gasteiger charge is 2.21. The van der Waals surface area contributed by atoms with Gasteiger partial charge in [-0.15, -0.1) is 11.3 Å². The number of piperidine rings is 1. The minimum Gasteiger partial charge on any atom is -0.355 e. The normalized spacial score (nSPS) is 22.2. The molecule has 1 amide bonds. The zero-order chi connectivity index (χ0) is 13.8. The van der Waals surface area contributed by atoms with Gasteiger partial charge in [0.25, 0.3) is 0 Å². The maximum Gasteiger partial charge on any atom is 0.228 e. The molecule has 1 N–H and O–H groups in total. The zero-order valence-electron chi connectivity index (χ0n) is 11.5. The topological polar surface area (TPSA) is 32.3 Å². The van der Waals surface area contributed by atoms with Crippen molar-refractivity contribution in [3.8, 4) is 0 Å². The summed E-state index contributed by atoms with van der Waals surface area (Å²) in [7, 11) is 2.15. The Morgan fingerprint density at radius 3 is 3.05 bits per heavy atom. The number of hydrogen-bond donors (Lipinski definition) is 1. The first-order valence-corrected chi connectivity index (χ1v) is 8.38. The number of nitrogens with one attached hydrogen (secondary N) is 1.